The van der Waals surface area contributed by atoms with Gasteiger partial charge in [0.15, 0.2) is 0 Å². The summed E-state index contributed by atoms with van der Waals surface area (Å²) in [6, 6.07) is 9.67. The third-order valence-electron chi connectivity index (χ3n) is 4.25. The van der Waals surface area contributed by atoms with Crippen molar-refractivity contribution >= 4 is 40.5 Å². The van der Waals surface area contributed by atoms with Crippen molar-refractivity contribution in [1.82, 2.24) is 5.01 Å². The van der Waals surface area contributed by atoms with E-state index in [9.17, 15) is 14.4 Å². The van der Waals surface area contributed by atoms with Crippen LogP contribution in [0.15, 0.2) is 35.4 Å². The van der Waals surface area contributed by atoms with E-state index in [1.807, 2.05) is 31.2 Å². The molecular weight excluding hydrogens is 378 g/mol. The van der Waals surface area contributed by atoms with Crippen molar-refractivity contribution in [2.24, 2.45) is 5.10 Å². The van der Waals surface area contributed by atoms with Crippen LogP contribution in [0.3, 0.4) is 0 Å². The quantitative estimate of drug-likeness (QED) is 0.780. The molecule has 0 fully saturated rings. The van der Waals surface area contributed by atoms with E-state index < -0.39 is 11.9 Å². The number of hydrogen-bond acceptors (Lipinski definition) is 6. The molecule has 0 aliphatic carbocycles. The van der Waals surface area contributed by atoms with E-state index in [2.05, 4.69) is 10.4 Å². The molecule has 146 valence electrons. The summed E-state index contributed by atoms with van der Waals surface area (Å²) in [7, 11) is 1.51. The van der Waals surface area contributed by atoms with Crippen molar-refractivity contribution in [2.75, 3.05) is 19.0 Å². The number of amides is 2. The van der Waals surface area contributed by atoms with E-state index in [0.717, 1.165) is 21.0 Å². The van der Waals surface area contributed by atoms with Gasteiger partial charge in [-0.1, -0.05) is 29.8 Å². The molecule has 1 aromatic heterocycles. The summed E-state index contributed by atoms with van der Waals surface area (Å²) in [5, 5.41) is 7.94. The normalized spacial score (nSPS) is 13.9. The summed E-state index contributed by atoms with van der Waals surface area (Å²) < 4.78 is 5.13. The van der Waals surface area contributed by atoms with Gasteiger partial charge in [-0.3, -0.25) is 9.59 Å². The number of carbonyl (C=O) groups is 3. The van der Waals surface area contributed by atoms with Crippen molar-refractivity contribution in [3.8, 4) is 10.4 Å². The van der Waals surface area contributed by atoms with E-state index in [1.165, 1.54) is 18.4 Å². The number of ether oxygens (including phenoxy) is 1. The molecule has 0 spiro atoms. The Hall–Kier alpha value is -3.00. The zero-order valence-corrected chi connectivity index (χ0v) is 16.8. The van der Waals surface area contributed by atoms with Gasteiger partial charge < -0.3 is 10.1 Å². The average molecular weight is 399 g/mol. The average Bonchev–Trinajstić information content (AvgIpc) is 3.08. The maximum Gasteiger partial charge on any atom is 0.350 e. The first-order valence-electron chi connectivity index (χ1n) is 8.92. The number of rotatable bonds is 5. The molecule has 28 heavy (non-hydrogen) atoms. The minimum Gasteiger partial charge on any atom is -0.462 e. The maximum atomic E-state index is 12.6. The van der Waals surface area contributed by atoms with Gasteiger partial charge in [-0.15, -0.1) is 11.3 Å². The van der Waals surface area contributed by atoms with Crippen LogP contribution >= 0.6 is 11.3 Å². The van der Waals surface area contributed by atoms with E-state index >= 15 is 0 Å². The number of nitrogens with zero attached hydrogens (tertiary/aromatic N) is 2. The van der Waals surface area contributed by atoms with Crippen molar-refractivity contribution in [3.05, 3.63) is 40.8 Å². The maximum absolute atomic E-state index is 12.6. The second-order valence-electron chi connectivity index (χ2n) is 6.36. The molecule has 3 rings (SSSR count). The summed E-state index contributed by atoms with van der Waals surface area (Å²) in [5.74, 6) is -1.06. The molecule has 2 aromatic rings. The topological polar surface area (TPSA) is 88.1 Å². The number of esters is 1. The summed E-state index contributed by atoms with van der Waals surface area (Å²) in [4.78, 5) is 37.7. The fourth-order valence-electron chi connectivity index (χ4n) is 2.72. The lowest BCUT2D eigenvalue weighted by Crippen LogP contribution is -2.34. The molecular formula is C20H21N3O4S. The Bertz CT molecular complexity index is 947. The zero-order chi connectivity index (χ0) is 20.3. The van der Waals surface area contributed by atoms with Crippen LogP contribution in [0, 0.1) is 6.92 Å². The van der Waals surface area contributed by atoms with Crippen LogP contribution in [0.5, 0.6) is 0 Å². The Morgan fingerprint density at radius 1 is 1.25 bits per heavy atom. The van der Waals surface area contributed by atoms with Gasteiger partial charge in [-0.2, -0.15) is 5.10 Å². The van der Waals surface area contributed by atoms with Crippen molar-refractivity contribution in [3.63, 3.8) is 0 Å². The van der Waals surface area contributed by atoms with Crippen LogP contribution in [0.1, 0.15) is 35.0 Å². The molecule has 8 heteroatoms. The summed E-state index contributed by atoms with van der Waals surface area (Å²) in [6.07, 6.45) is 0.491. The van der Waals surface area contributed by atoms with Crippen molar-refractivity contribution in [2.45, 2.75) is 26.7 Å². The second-order valence-corrected chi connectivity index (χ2v) is 7.41. The first kappa shape index (κ1) is 19.8. The predicted octanol–water partition coefficient (Wildman–Crippen LogP) is 3.45. The predicted molar refractivity (Wildman–Crippen MR) is 109 cm³/mol. The summed E-state index contributed by atoms with van der Waals surface area (Å²) in [6.45, 7) is 3.97. The fourth-order valence-corrected chi connectivity index (χ4v) is 3.73. The molecule has 0 bridgehead atoms. The molecule has 1 aliphatic rings. The van der Waals surface area contributed by atoms with Gasteiger partial charge in [-0.25, -0.2) is 9.80 Å². The third kappa shape index (κ3) is 4.28. The van der Waals surface area contributed by atoms with Crippen molar-refractivity contribution in [1.29, 1.82) is 0 Å². The number of aryl methyl sites for hydroxylation is 1. The van der Waals surface area contributed by atoms with E-state index in [0.29, 0.717) is 10.6 Å². The lowest BCUT2D eigenvalue weighted by Gasteiger charge is -2.18. The number of hydrazone groups is 1. The van der Waals surface area contributed by atoms with Gasteiger partial charge in [0.1, 0.15) is 10.6 Å². The highest BCUT2D eigenvalue weighted by molar-refractivity contribution is 7.18. The molecule has 0 unspecified atom stereocenters. The molecule has 0 atom stereocenters. The lowest BCUT2D eigenvalue weighted by molar-refractivity contribution is -0.130. The van der Waals surface area contributed by atoms with Crippen LogP contribution < -0.4 is 5.32 Å². The van der Waals surface area contributed by atoms with E-state index in [4.69, 9.17) is 4.74 Å². The number of carbonyl (C=O) groups excluding carboxylic acids is 3. The summed E-state index contributed by atoms with van der Waals surface area (Å²) >= 11 is 1.26. The molecule has 1 N–H and O–H groups in total. The van der Waals surface area contributed by atoms with E-state index in [1.54, 1.807) is 13.0 Å². The Labute approximate surface area is 167 Å². The molecule has 1 aromatic carbocycles. The van der Waals surface area contributed by atoms with Crippen LogP contribution in [0.4, 0.5) is 5.69 Å². The number of anilines is 1. The third-order valence-corrected chi connectivity index (χ3v) is 5.41. The van der Waals surface area contributed by atoms with Crippen LogP contribution in [-0.2, 0) is 14.3 Å². The molecule has 7 nitrogen and oxygen atoms in total. The number of hydrogen-bond donors (Lipinski definition) is 1. The molecule has 0 radical (unpaired) electrons. The molecule has 1 aliphatic heterocycles. The largest absolute Gasteiger partial charge is 0.462 e. The minimum absolute atomic E-state index is 0.138. The van der Waals surface area contributed by atoms with Crippen LogP contribution in [0.2, 0.25) is 0 Å². The zero-order valence-electron chi connectivity index (χ0n) is 15.9. The first-order valence-corrected chi connectivity index (χ1v) is 9.74. The molecule has 0 saturated carbocycles. The Balaban J connectivity index is 1.91. The fraction of sp³-hybridized carbons (Fsp3) is 0.300. The number of nitrogens with one attached hydrogen (secondary N) is 1. The highest BCUT2D eigenvalue weighted by atomic mass is 32.1. The van der Waals surface area contributed by atoms with Gasteiger partial charge >= 0.3 is 5.97 Å². The number of benzene rings is 1. The molecule has 2 heterocycles. The van der Waals surface area contributed by atoms with Crippen LogP contribution in [0.25, 0.3) is 10.4 Å². The molecule has 2 amide bonds. The van der Waals surface area contributed by atoms with Gasteiger partial charge in [0, 0.05) is 24.8 Å². The van der Waals surface area contributed by atoms with E-state index in [-0.39, 0.29) is 31.1 Å². The molecule has 0 saturated heterocycles. The lowest BCUT2D eigenvalue weighted by atomic mass is 10.1. The Morgan fingerprint density at radius 3 is 2.61 bits per heavy atom. The van der Waals surface area contributed by atoms with Crippen LogP contribution in [-0.4, -0.2) is 42.2 Å². The van der Waals surface area contributed by atoms with Gasteiger partial charge in [0.05, 0.1) is 12.3 Å². The number of thiophene rings is 1. The second kappa shape index (κ2) is 8.35. The van der Waals surface area contributed by atoms with Crippen molar-refractivity contribution < 1.29 is 19.1 Å². The smallest absolute Gasteiger partial charge is 0.350 e. The SMILES string of the molecule is CCOC(=O)c1sc(-c2ccc(C)cc2)cc1NC(=O)C1=NN(C)C(=O)CC1. The monoisotopic (exact) mass is 399 g/mol. The Kier molecular flexibility index (Phi) is 5.89. The van der Waals surface area contributed by atoms with Gasteiger partial charge in [-0.05, 0) is 25.5 Å². The minimum atomic E-state index is -0.487. The highest BCUT2D eigenvalue weighted by Crippen LogP contribution is 2.35. The first-order chi connectivity index (χ1) is 13.4. The highest BCUT2D eigenvalue weighted by Gasteiger charge is 2.25. The van der Waals surface area contributed by atoms with Gasteiger partial charge in [0.25, 0.3) is 5.91 Å². The van der Waals surface area contributed by atoms with Gasteiger partial charge in [0.2, 0.25) is 5.91 Å². The Morgan fingerprint density at radius 2 is 1.96 bits per heavy atom. The standard InChI is InChI=1S/C20H21N3O4S/c1-4-27-20(26)18-15(11-16(28-18)13-7-5-12(2)6-8-13)21-19(25)14-9-10-17(24)23(3)22-14/h5-8,11H,4,9-10H2,1-3H3,(H,21,25). The summed E-state index contributed by atoms with van der Waals surface area (Å²) in [5.41, 5.74) is 2.71.